The summed E-state index contributed by atoms with van der Waals surface area (Å²) < 4.78 is 14.8. The Morgan fingerprint density at radius 3 is 2.15 bits per heavy atom. The molecule has 33 heavy (non-hydrogen) atoms. The van der Waals surface area contributed by atoms with Crippen molar-refractivity contribution in [3.8, 4) is 23.1 Å². The third-order valence-corrected chi connectivity index (χ3v) is 5.84. The van der Waals surface area contributed by atoms with Gasteiger partial charge in [0, 0.05) is 21.4 Å². The fraction of sp³-hybridized carbons (Fsp3) is 0.269. The molecule has 0 aliphatic carbocycles. The Balaban J connectivity index is 2.04. The number of aliphatic carboxylic acids is 1. The second kappa shape index (κ2) is 8.98. The second-order valence-corrected chi connectivity index (χ2v) is 9.36. The van der Waals surface area contributed by atoms with E-state index in [1.165, 1.54) is 0 Å². The molecular weight excluding hydrogens is 486 g/mol. The van der Waals surface area contributed by atoms with E-state index in [-0.39, 0.29) is 24.5 Å². The summed E-state index contributed by atoms with van der Waals surface area (Å²) in [6.07, 6.45) is 1.58. The molecular formula is C26H26BrNO5. The molecule has 0 atom stereocenters. The number of halogens is 1. The number of fused-ring (bicyclic) bond motifs is 2. The molecule has 0 radical (unpaired) electrons. The lowest BCUT2D eigenvalue weighted by Crippen LogP contribution is -2.08. The quantitative estimate of drug-likeness (QED) is 0.297. The Morgan fingerprint density at radius 1 is 0.970 bits per heavy atom. The average molecular weight is 512 g/mol. The van der Waals surface area contributed by atoms with E-state index < -0.39 is 5.97 Å². The third kappa shape index (κ3) is 4.37. The van der Waals surface area contributed by atoms with Gasteiger partial charge in [-0.3, -0.25) is 9.36 Å². The van der Waals surface area contributed by atoms with E-state index in [4.69, 9.17) is 14.6 Å². The Bertz CT molecular complexity index is 1360. The molecule has 3 aromatic carbocycles. The van der Waals surface area contributed by atoms with Crippen LogP contribution in [0.15, 0.2) is 53.1 Å². The van der Waals surface area contributed by atoms with Crippen molar-refractivity contribution in [3.63, 3.8) is 0 Å². The molecule has 172 valence electrons. The van der Waals surface area contributed by atoms with Gasteiger partial charge in [-0.2, -0.15) is 0 Å². The Labute approximate surface area is 200 Å². The SMILES string of the molecule is CC(C)Oc1c2ccccc2c(OC(C)C)c2c(O)n(-c3ccc(CC(=O)O)cc3Br)cc12. The van der Waals surface area contributed by atoms with Gasteiger partial charge in [-0.05, 0) is 61.3 Å². The summed E-state index contributed by atoms with van der Waals surface area (Å²) >= 11 is 3.54. The normalized spacial score (nSPS) is 11.6. The molecule has 6 nitrogen and oxygen atoms in total. The number of ether oxygens (including phenoxy) is 2. The van der Waals surface area contributed by atoms with Crippen molar-refractivity contribution in [1.82, 2.24) is 4.57 Å². The molecule has 0 unspecified atom stereocenters. The number of hydrogen-bond acceptors (Lipinski definition) is 4. The zero-order valence-corrected chi connectivity index (χ0v) is 20.5. The van der Waals surface area contributed by atoms with Crippen LogP contribution in [0.4, 0.5) is 0 Å². The molecule has 4 rings (SSSR count). The highest BCUT2D eigenvalue weighted by Gasteiger charge is 2.24. The number of carboxylic acids is 1. The van der Waals surface area contributed by atoms with Crippen molar-refractivity contribution in [2.45, 2.75) is 46.3 Å². The van der Waals surface area contributed by atoms with Crippen LogP contribution in [-0.4, -0.2) is 33.0 Å². The largest absolute Gasteiger partial charge is 0.494 e. The lowest BCUT2D eigenvalue weighted by Gasteiger charge is -2.19. The van der Waals surface area contributed by atoms with Gasteiger partial charge < -0.3 is 19.7 Å². The van der Waals surface area contributed by atoms with Crippen LogP contribution in [0.2, 0.25) is 0 Å². The predicted molar refractivity (Wildman–Crippen MR) is 133 cm³/mol. The summed E-state index contributed by atoms with van der Waals surface area (Å²) in [6, 6.07) is 13.1. The summed E-state index contributed by atoms with van der Waals surface area (Å²) in [5.41, 5.74) is 1.33. The predicted octanol–water partition coefficient (Wildman–Crippen LogP) is 6.45. The lowest BCUT2D eigenvalue weighted by atomic mass is 10.0. The first-order valence-electron chi connectivity index (χ1n) is 10.8. The average Bonchev–Trinajstić information content (AvgIpc) is 3.06. The maximum Gasteiger partial charge on any atom is 0.307 e. The lowest BCUT2D eigenvalue weighted by molar-refractivity contribution is -0.136. The van der Waals surface area contributed by atoms with Crippen LogP contribution in [-0.2, 0) is 11.2 Å². The number of nitrogens with zero attached hydrogens (tertiary/aromatic N) is 1. The van der Waals surface area contributed by atoms with Crippen molar-refractivity contribution >= 4 is 43.4 Å². The van der Waals surface area contributed by atoms with Gasteiger partial charge >= 0.3 is 5.97 Å². The summed E-state index contributed by atoms with van der Waals surface area (Å²) in [6.45, 7) is 7.83. The number of aromatic nitrogens is 1. The summed E-state index contributed by atoms with van der Waals surface area (Å²) in [4.78, 5) is 11.1. The maximum atomic E-state index is 11.4. The van der Waals surface area contributed by atoms with Crippen LogP contribution >= 0.6 is 15.9 Å². The number of rotatable bonds is 7. The smallest absolute Gasteiger partial charge is 0.307 e. The van der Waals surface area contributed by atoms with E-state index in [0.29, 0.717) is 32.6 Å². The number of hydrogen-bond donors (Lipinski definition) is 2. The first-order valence-corrected chi connectivity index (χ1v) is 11.6. The number of aromatic hydroxyl groups is 1. The van der Waals surface area contributed by atoms with Crippen LogP contribution < -0.4 is 9.47 Å². The van der Waals surface area contributed by atoms with Crippen LogP contribution in [0.25, 0.3) is 27.2 Å². The Morgan fingerprint density at radius 2 is 1.58 bits per heavy atom. The van der Waals surface area contributed by atoms with Gasteiger partial charge in [-0.25, -0.2) is 0 Å². The number of carbonyl (C=O) groups is 1. The monoisotopic (exact) mass is 511 g/mol. The zero-order chi connectivity index (χ0) is 23.9. The van der Waals surface area contributed by atoms with Crippen molar-refractivity contribution in [2.75, 3.05) is 0 Å². The standard InChI is InChI=1S/C26H26BrNO5/c1-14(2)32-24-17-7-5-6-8-18(17)25(33-15(3)4)23-19(24)13-28(26(23)31)21-10-9-16(11-20(21)27)12-22(29)30/h5-11,13-15,31H,12H2,1-4H3,(H,29,30). The van der Waals surface area contributed by atoms with E-state index in [2.05, 4.69) is 15.9 Å². The number of benzene rings is 3. The minimum absolute atomic E-state index is 0.0201. The van der Waals surface area contributed by atoms with Crippen molar-refractivity contribution in [3.05, 3.63) is 58.7 Å². The molecule has 0 saturated carbocycles. The minimum Gasteiger partial charge on any atom is -0.494 e. The number of carboxylic acid groups (broad SMARTS) is 1. The van der Waals surface area contributed by atoms with E-state index in [1.54, 1.807) is 22.8 Å². The molecule has 7 heteroatoms. The fourth-order valence-corrected chi connectivity index (χ4v) is 4.60. The Hall–Kier alpha value is -3.19. The highest BCUT2D eigenvalue weighted by molar-refractivity contribution is 9.10. The fourth-order valence-electron chi connectivity index (χ4n) is 3.99. The Kier molecular flexibility index (Phi) is 6.26. The van der Waals surface area contributed by atoms with Gasteiger partial charge in [-0.15, -0.1) is 0 Å². The van der Waals surface area contributed by atoms with E-state index in [0.717, 1.165) is 16.2 Å². The molecule has 0 bridgehead atoms. The molecule has 2 N–H and O–H groups in total. The first-order chi connectivity index (χ1) is 15.7. The molecule has 0 spiro atoms. The molecule has 0 amide bonds. The van der Waals surface area contributed by atoms with Crippen molar-refractivity contribution in [2.24, 2.45) is 0 Å². The van der Waals surface area contributed by atoms with Crippen LogP contribution in [0.5, 0.6) is 17.4 Å². The zero-order valence-electron chi connectivity index (χ0n) is 18.9. The molecule has 0 saturated heterocycles. The molecule has 0 fully saturated rings. The first kappa shape index (κ1) is 23.0. The summed E-state index contributed by atoms with van der Waals surface area (Å²) in [5.74, 6) is 0.398. The highest BCUT2D eigenvalue weighted by Crippen LogP contribution is 2.49. The molecule has 0 aliphatic rings. The van der Waals surface area contributed by atoms with Crippen LogP contribution in [0.1, 0.15) is 33.3 Å². The van der Waals surface area contributed by atoms with Crippen molar-refractivity contribution < 1.29 is 24.5 Å². The summed E-state index contributed by atoms with van der Waals surface area (Å²) in [5, 5.41) is 23.6. The van der Waals surface area contributed by atoms with E-state index in [1.807, 2.05) is 58.2 Å². The van der Waals surface area contributed by atoms with Crippen molar-refractivity contribution in [1.29, 1.82) is 0 Å². The van der Waals surface area contributed by atoms with E-state index in [9.17, 15) is 9.90 Å². The van der Waals surface area contributed by atoms with Crippen LogP contribution in [0, 0.1) is 0 Å². The van der Waals surface area contributed by atoms with Gasteiger partial charge in [0.05, 0.1) is 35.1 Å². The van der Waals surface area contributed by atoms with Crippen LogP contribution in [0.3, 0.4) is 0 Å². The van der Waals surface area contributed by atoms with Gasteiger partial charge in [0.15, 0.2) is 0 Å². The van der Waals surface area contributed by atoms with E-state index >= 15 is 0 Å². The van der Waals surface area contributed by atoms with Gasteiger partial charge in [0.25, 0.3) is 0 Å². The van der Waals surface area contributed by atoms with Gasteiger partial charge in [-0.1, -0.05) is 30.3 Å². The molecule has 1 aromatic heterocycles. The molecule has 1 heterocycles. The maximum absolute atomic E-state index is 11.4. The van der Waals surface area contributed by atoms with Gasteiger partial charge in [0.1, 0.15) is 11.5 Å². The minimum atomic E-state index is -0.901. The molecule has 4 aromatic rings. The highest BCUT2D eigenvalue weighted by atomic mass is 79.9. The topological polar surface area (TPSA) is 80.9 Å². The molecule has 0 aliphatic heterocycles. The second-order valence-electron chi connectivity index (χ2n) is 8.50. The third-order valence-electron chi connectivity index (χ3n) is 5.20. The summed E-state index contributed by atoms with van der Waals surface area (Å²) in [7, 11) is 0. The van der Waals surface area contributed by atoms with Gasteiger partial charge in [0.2, 0.25) is 5.88 Å².